The molecular weight excluding hydrogens is 234 g/mol. The molecule has 2 nitrogen and oxygen atoms in total. The number of hydrogen-bond acceptors (Lipinski definition) is 1. The smallest absolute Gasteiger partial charge is 0.0748 e. The van der Waals surface area contributed by atoms with Crippen molar-refractivity contribution in [2.24, 2.45) is 5.92 Å². The van der Waals surface area contributed by atoms with Crippen molar-refractivity contribution in [2.75, 3.05) is 13.2 Å². The highest BCUT2D eigenvalue weighted by atomic mass is 16.5. The summed E-state index contributed by atoms with van der Waals surface area (Å²) in [5.74, 6) is 0.593. The summed E-state index contributed by atoms with van der Waals surface area (Å²) in [4.78, 5) is 0. The molecule has 2 atom stereocenters. The monoisotopic (exact) mass is 262 g/mol. The van der Waals surface area contributed by atoms with Gasteiger partial charge in [0.05, 0.1) is 12.6 Å². The molecule has 0 saturated carbocycles. The van der Waals surface area contributed by atoms with E-state index in [0.29, 0.717) is 12.0 Å². The first-order valence-corrected chi connectivity index (χ1v) is 7.55. The molecule has 1 aromatic carbocycles. The summed E-state index contributed by atoms with van der Waals surface area (Å²) in [6, 6.07) is 9.10. The van der Waals surface area contributed by atoms with Crippen molar-refractivity contribution in [2.45, 2.75) is 51.6 Å². The quantitative estimate of drug-likeness (QED) is 0.890. The third-order valence-corrected chi connectivity index (χ3v) is 4.57. The van der Waals surface area contributed by atoms with Gasteiger partial charge in [0.15, 0.2) is 0 Å². The largest absolute Gasteiger partial charge is 0.378 e. The minimum absolute atomic E-state index is 0.280. The Morgan fingerprint density at radius 1 is 1.32 bits per heavy atom. The number of ether oxygens (including phenoxy) is 1. The van der Waals surface area contributed by atoms with Gasteiger partial charge in [0.2, 0.25) is 0 Å². The summed E-state index contributed by atoms with van der Waals surface area (Å²) in [6.45, 7) is 8.56. The van der Waals surface area contributed by atoms with Crippen molar-refractivity contribution < 1.29 is 10.5 Å². The maximum absolute atomic E-state index is 5.97. The Bertz CT molecular complexity index is 394. The highest BCUT2D eigenvalue weighted by Crippen LogP contribution is 2.41. The van der Waals surface area contributed by atoms with Crippen molar-refractivity contribution >= 4 is 0 Å². The van der Waals surface area contributed by atoms with Gasteiger partial charge in [0, 0.05) is 18.4 Å². The van der Waals surface area contributed by atoms with Crippen LogP contribution in [-0.4, -0.2) is 19.3 Å². The second-order valence-corrected chi connectivity index (χ2v) is 6.36. The zero-order valence-electron chi connectivity index (χ0n) is 12.6. The fourth-order valence-corrected chi connectivity index (χ4v) is 3.26. The van der Waals surface area contributed by atoms with E-state index in [2.05, 4.69) is 50.8 Å². The van der Waals surface area contributed by atoms with E-state index in [0.717, 1.165) is 26.0 Å². The first-order valence-electron chi connectivity index (χ1n) is 7.55. The highest BCUT2D eigenvalue weighted by Gasteiger charge is 2.39. The van der Waals surface area contributed by atoms with Crippen LogP contribution >= 0.6 is 0 Å². The standard InChI is InChI=1S/C17H27NO/c1-13(2)16-12-17(8-10-18,9-11-19-16)15-6-4-14(3)5-7-15/h4-7,13,16H,8-12,18H2,1-3H3/p+1/t16-,17-/m1/s1. The van der Waals surface area contributed by atoms with Crippen LogP contribution in [-0.2, 0) is 10.2 Å². The number of rotatable bonds is 4. The van der Waals surface area contributed by atoms with Crippen LogP contribution in [0.2, 0.25) is 0 Å². The van der Waals surface area contributed by atoms with Crippen LogP contribution in [0.3, 0.4) is 0 Å². The van der Waals surface area contributed by atoms with E-state index in [1.165, 1.54) is 17.5 Å². The summed E-state index contributed by atoms with van der Waals surface area (Å²) in [5.41, 5.74) is 7.19. The zero-order valence-corrected chi connectivity index (χ0v) is 12.6. The van der Waals surface area contributed by atoms with Crippen molar-refractivity contribution in [3.63, 3.8) is 0 Å². The third-order valence-electron chi connectivity index (χ3n) is 4.57. The van der Waals surface area contributed by atoms with Crippen LogP contribution in [0.5, 0.6) is 0 Å². The number of quaternary nitrogens is 1. The van der Waals surface area contributed by atoms with Gasteiger partial charge in [-0.15, -0.1) is 0 Å². The number of aryl methyl sites for hydroxylation is 1. The fraction of sp³-hybridized carbons (Fsp3) is 0.647. The third kappa shape index (κ3) is 3.18. The SMILES string of the molecule is Cc1ccc([C@]2(CC[NH3+])CCO[C@@H](C(C)C)C2)cc1. The molecule has 3 N–H and O–H groups in total. The summed E-state index contributed by atoms with van der Waals surface area (Å²) in [6.07, 6.45) is 3.84. The van der Waals surface area contributed by atoms with Crippen LogP contribution in [0.4, 0.5) is 0 Å². The molecule has 0 bridgehead atoms. The molecule has 19 heavy (non-hydrogen) atoms. The molecule has 0 aromatic heterocycles. The van der Waals surface area contributed by atoms with Gasteiger partial charge in [-0.25, -0.2) is 0 Å². The highest BCUT2D eigenvalue weighted by molar-refractivity contribution is 5.29. The molecule has 1 aliphatic rings. The second-order valence-electron chi connectivity index (χ2n) is 6.36. The topological polar surface area (TPSA) is 36.9 Å². The molecule has 2 rings (SSSR count). The minimum atomic E-state index is 0.280. The Hall–Kier alpha value is -0.860. The predicted octanol–water partition coefficient (Wildman–Crippen LogP) is 2.70. The summed E-state index contributed by atoms with van der Waals surface area (Å²) < 4.78 is 5.97. The lowest BCUT2D eigenvalue weighted by atomic mass is 9.68. The summed E-state index contributed by atoms with van der Waals surface area (Å²) in [5, 5.41) is 0. The lowest BCUT2D eigenvalue weighted by Gasteiger charge is -2.42. The first-order chi connectivity index (χ1) is 9.07. The molecule has 1 saturated heterocycles. The lowest BCUT2D eigenvalue weighted by Crippen LogP contribution is -2.54. The van der Waals surface area contributed by atoms with Crippen LogP contribution in [0.15, 0.2) is 24.3 Å². The predicted molar refractivity (Wildman–Crippen MR) is 79.0 cm³/mol. The van der Waals surface area contributed by atoms with Crippen molar-refractivity contribution in [1.82, 2.24) is 0 Å². The van der Waals surface area contributed by atoms with Crippen molar-refractivity contribution in [3.05, 3.63) is 35.4 Å². The maximum Gasteiger partial charge on any atom is 0.0748 e. The molecule has 1 fully saturated rings. The average Bonchev–Trinajstić information content (AvgIpc) is 2.40. The van der Waals surface area contributed by atoms with Gasteiger partial charge in [-0.1, -0.05) is 43.7 Å². The van der Waals surface area contributed by atoms with Crippen LogP contribution in [0.1, 0.15) is 44.2 Å². The normalized spacial score (nSPS) is 27.7. The lowest BCUT2D eigenvalue weighted by molar-refractivity contribution is -0.371. The second kappa shape index (κ2) is 6.06. The van der Waals surface area contributed by atoms with Gasteiger partial charge in [-0.2, -0.15) is 0 Å². The van der Waals surface area contributed by atoms with Gasteiger partial charge in [0.1, 0.15) is 0 Å². The maximum atomic E-state index is 5.97. The van der Waals surface area contributed by atoms with Gasteiger partial charge >= 0.3 is 0 Å². The number of benzene rings is 1. The molecule has 0 radical (unpaired) electrons. The van der Waals surface area contributed by atoms with E-state index in [1.54, 1.807) is 0 Å². The van der Waals surface area contributed by atoms with Gasteiger partial charge in [0.25, 0.3) is 0 Å². The molecule has 0 unspecified atom stereocenters. The van der Waals surface area contributed by atoms with Gasteiger partial charge < -0.3 is 10.5 Å². The van der Waals surface area contributed by atoms with E-state index >= 15 is 0 Å². The molecule has 1 aromatic rings. The first kappa shape index (κ1) is 14.5. The van der Waals surface area contributed by atoms with Crippen LogP contribution in [0.25, 0.3) is 0 Å². The fourth-order valence-electron chi connectivity index (χ4n) is 3.26. The Morgan fingerprint density at radius 3 is 2.58 bits per heavy atom. The van der Waals surface area contributed by atoms with Crippen molar-refractivity contribution in [3.8, 4) is 0 Å². The molecule has 106 valence electrons. The molecule has 0 aliphatic carbocycles. The molecule has 1 aliphatic heterocycles. The molecule has 2 heteroatoms. The average molecular weight is 262 g/mol. The summed E-state index contributed by atoms with van der Waals surface area (Å²) in [7, 11) is 0. The Kier molecular flexibility index (Phi) is 4.64. The minimum Gasteiger partial charge on any atom is -0.378 e. The van der Waals surface area contributed by atoms with E-state index in [-0.39, 0.29) is 5.41 Å². The van der Waals surface area contributed by atoms with Gasteiger partial charge in [-0.3, -0.25) is 0 Å². The van der Waals surface area contributed by atoms with E-state index in [1.807, 2.05) is 0 Å². The van der Waals surface area contributed by atoms with Gasteiger partial charge in [-0.05, 0) is 31.2 Å². The molecule has 0 amide bonds. The molecule has 1 heterocycles. The molecule has 0 spiro atoms. The Balaban J connectivity index is 2.28. The Morgan fingerprint density at radius 2 is 2.00 bits per heavy atom. The van der Waals surface area contributed by atoms with E-state index < -0.39 is 0 Å². The van der Waals surface area contributed by atoms with E-state index in [9.17, 15) is 0 Å². The molecular formula is C17H28NO+. The van der Waals surface area contributed by atoms with Crippen LogP contribution in [0, 0.1) is 12.8 Å². The Labute approximate surface area is 117 Å². The van der Waals surface area contributed by atoms with E-state index in [4.69, 9.17) is 4.74 Å². The van der Waals surface area contributed by atoms with Crippen molar-refractivity contribution in [1.29, 1.82) is 0 Å². The zero-order chi connectivity index (χ0) is 13.9. The van der Waals surface area contributed by atoms with Crippen LogP contribution < -0.4 is 5.73 Å². The summed E-state index contributed by atoms with van der Waals surface area (Å²) >= 11 is 0. The number of hydrogen-bond donors (Lipinski definition) is 1.